The summed E-state index contributed by atoms with van der Waals surface area (Å²) in [6, 6.07) is 0. The van der Waals surface area contributed by atoms with Crippen LogP contribution in [-0.4, -0.2) is 6.54 Å². The molecule has 0 aromatic heterocycles. The van der Waals surface area contributed by atoms with Gasteiger partial charge in [0.2, 0.25) is 0 Å². The van der Waals surface area contributed by atoms with E-state index < -0.39 is 0 Å². The van der Waals surface area contributed by atoms with E-state index in [1.807, 2.05) is 6.08 Å². The first-order valence-electron chi connectivity index (χ1n) is 4.53. The van der Waals surface area contributed by atoms with E-state index in [0.29, 0.717) is 5.92 Å². The number of allylic oxidation sites excluding steroid dienone is 1. The number of hydrogen-bond acceptors (Lipinski definition) is 1. The molecule has 1 nitrogen and oxygen atoms in total. The third-order valence-electron chi connectivity index (χ3n) is 2.23. The van der Waals surface area contributed by atoms with Gasteiger partial charge in [0.05, 0.1) is 0 Å². The van der Waals surface area contributed by atoms with E-state index in [1.54, 1.807) is 0 Å². The van der Waals surface area contributed by atoms with Crippen molar-refractivity contribution in [3.05, 3.63) is 12.7 Å². The normalized spacial score (nSPS) is 13.5. The van der Waals surface area contributed by atoms with Crippen LogP contribution in [0.1, 0.15) is 33.1 Å². The van der Waals surface area contributed by atoms with Gasteiger partial charge in [-0.3, -0.25) is 0 Å². The van der Waals surface area contributed by atoms with E-state index >= 15 is 0 Å². The van der Waals surface area contributed by atoms with Gasteiger partial charge in [0.15, 0.2) is 0 Å². The fourth-order valence-corrected chi connectivity index (χ4v) is 1.25. The second kappa shape index (κ2) is 6.41. The predicted molar refractivity (Wildman–Crippen MR) is 51.4 cm³/mol. The molecule has 2 N–H and O–H groups in total. The maximum Gasteiger partial charge on any atom is -0.00464 e. The maximum absolute atomic E-state index is 5.63. The second-order valence-electron chi connectivity index (χ2n) is 3.46. The Hall–Kier alpha value is -0.300. The van der Waals surface area contributed by atoms with Crippen LogP contribution in [0, 0.1) is 11.8 Å². The minimum Gasteiger partial charge on any atom is -0.330 e. The third-order valence-corrected chi connectivity index (χ3v) is 2.23. The Morgan fingerprint density at radius 2 is 2.09 bits per heavy atom. The van der Waals surface area contributed by atoms with E-state index in [1.165, 1.54) is 12.8 Å². The zero-order valence-corrected chi connectivity index (χ0v) is 7.84. The van der Waals surface area contributed by atoms with Crippen molar-refractivity contribution < 1.29 is 0 Å². The van der Waals surface area contributed by atoms with Crippen LogP contribution in [0.4, 0.5) is 0 Å². The van der Waals surface area contributed by atoms with E-state index in [4.69, 9.17) is 5.73 Å². The Morgan fingerprint density at radius 3 is 2.45 bits per heavy atom. The highest BCUT2D eigenvalue weighted by Gasteiger charge is 2.09. The molecule has 0 heterocycles. The lowest BCUT2D eigenvalue weighted by Gasteiger charge is -2.17. The monoisotopic (exact) mass is 155 g/mol. The van der Waals surface area contributed by atoms with Gasteiger partial charge in [0, 0.05) is 0 Å². The van der Waals surface area contributed by atoms with Crippen molar-refractivity contribution in [2.24, 2.45) is 17.6 Å². The molecule has 0 saturated heterocycles. The molecule has 0 aromatic rings. The minimum atomic E-state index is 0.704. The number of rotatable bonds is 6. The van der Waals surface area contributed by atoms with E-state index in [2.05, 4.69) is 20.4 Å². The molecule has 0 bridgehead atoms. The molecule has 0 spiro atoms. The highest BCUT2D eigenvalue weighted by Crippen LogP contribution is 2.16. The van der Waals surface area contributed by atoms with Crippen molar-refractivity contribution in [2.75, 3.05) is 6.54 Å². The highest BCUT2D eigenvalue weighted by molar-refractivity contribution is 4.69. The molecule has 0 aliphatic carbocycles. The van der Waals surface area contributed by atoms with Crippen molar-refractivity contribution in [3.63, 3.8) is 0 Å². The molecule has 1 heteroatoms. The fourth-order valence-electron chi connectivity index (χ4n) is 1.25. The molecule has 1 atom stereocenters. The molecular formula is C10H21N. The zero-order valence-electron chi connectivity index (χ0n) is 7.84. The van der Waals surface area contributed by atoms with Crippen LogP contribution in [0.3, 0.4) is 0 Å². The van der Waals surface area contributed by atoms with Gasteiger partial charge in [-0.05, 0) is 37.6 Å². The average Bonchev–Trinajstić information content (AvgIpc) is 1.97. The lowest BCUT2D eigenvalue weighted by molar-refractivity contribution is 0.361. The van der Waals surface area contributed by atoms with Gasteiger partial charge >= 0.3 is 0 Å². The number of unbranched alkanes of at least 4 members (excludes halogenated alkanes) is 1. The summed E-state index contributed by atoms with van der Waals surface area (Å²) in [4.78, 5) is 0. The Balaban J connectivity index is 3.43. The minimum absolute atomic E-state index is 0.704. The smallest absolute Gasteiger partial charge is 0.00464 e. The third kappa shape index (κ3) is 5.02. The fraction of sp³-hybridized carbons (Fsp3) is 0.800. The molecule has 0 saturated carbocycles. The topological polar surface area (TPSA) is 26.0 Å². The molecule has 0 aliphatic rings. The quantitative estimate of drug-likeness (QED) is 0.463. The van der Waals surface area contributed by atoms with Crippen LogP contribution in [0.25, 0.3) is 0 Å². The van der Waals surface area contributed by atoms with Gasteiger partial charge in [-0.2, -0.15) is 0 Å². The van der Waals surface area contributed by atoms with Crippen LogP contribution < -0.4 is 5.73 Å². The van der Waals surface area contributed by atoms with E-state index in [9.17, 15) is 0 Å². The van der Waals surface area contributed by atoms with Crippen LogP contribution >= 0.6 is 0 Å². The van der Waals surface area contributed by atoms with Crippen molar-refractivity contribution in [2.45, 2.75) is 33.1 Å². The first-order chi connectivity index (χ1) is 5.22. The van der Waals surface area contributed by atoms with Crippen LogP contribution in [0.2, 0.25) is 0 Å². The summed E-state index contributed by atoms with van der Waals surface area (Å²) in [5.41, 5.74) is 5.63. The van der Waals surface area contributed by atoms with Crippen molar-refractivity contribution >= 4 is 0 Å². The summed E-state index contributed by atoms with van der Waals surface area (Å²) in [7, 11) is 0. The van der Waals surface area contributed by atoms with Gasteiger partial charge in [-0.1, -0.05) is 19.9 Å². The molecule has 0 rings (SSSR count). The molecule has 11 heavy (non-hydrogen) atoms. The molecule has 0 radical (unpaired) electrons. The Bertz CT molecular complexity index is 97.0. The summed E-state index contributed by atoms with van der Waals surface area (Å²) in [6.07, 6.45) is 5.60. The Morgan fingerprint density at radius 1 is 1.45 bits per heavy atom. The van der Waals surface area contributed by atoms with Gasteiger partial charge < -0.3 is 5.73 Å². The van der Waals surface area contributed by atoms with Crippen LogP contribution in [0.15, 0.2) is 12.7 Å². The molecule has 1 unspecified atom stereocenters. The predicted octanol–water partition coefficient (Wildman–Crippen LogP) is 2.57. The first kappa shape index (κ1) is 10.7. The molecule has 0 amide bonds. The van der Waals surface area contributed by atoms with E-state index in [-0.39, 0.29) is 0 Å². The SMILES string of the molecule is C=CCCCC(CN)C(C)C. The van der Waals surface area contributed by atoms with Crippen molar-refractivity contribution in [3.8, 4) is 0 Å². The van der Waals surface area contributed by atoms with Gasteiger partial charge in [-0.25, -0.2) is 0 Å². The number of hydrogen-bond donors (Lipinski definition) is 1. The molecule has 0 aromatic carbocycles. The van der Waals surface area contributed by atoms with Crippen molar-refractivity contribution in [1.29, 1.82) is 0 Å². The summed E-state index contributed by atoms with van der Waals surface area (Å²) in [5.74, 6) is 1.43. The van der Waals surface area contributed by atoms with Crippen molar-refractivity contribution in [1.82, 2.24) is 0 Å². The zero-order chi connectivity index (χ0) is 8.69. The summed E-state index contributed by atoms with van der Waals surface area (Å²) >= 11 is 0. The Kier molecular flexibility index (Phi) is 6.24. The van der Waals surface area contributed by atoms with E-state index in [0.717, 1.165) is 18.9 Å². The molecule has 0 aliphatic heterocycles. The lowest BCUT2D eigenvalue weighted by Crippen LogP contribution is -2.19. The van der Waals surface area contributed by atoms with Gasteiger partial charge in [0.25, 0.3) is 0 Å². The summed E-state index contributed by atoms with van der Waals surface area (Å²) in [6.45, 7) is 9.01. The standard InChI is InChI=1S/C10H21N/c1-4-5-6-7-10(8-11)9(2)3/h4,9-10H,1,5-8,11H2,2-3H3. The Labute approximate surface area is 70.7 Å². The summed E-state index contributed by atoms with van der Waals surface area (Å²) < 4.78 is 0. The maximum atomic E-state index is 5.63. The van der Waals surface area contributed by atoms with Gasteiger partial charge in [-0.15, -0.1) is 6.58 Å². The van der Waals surface area contributed by atoms with Gasteiger partial charge in [0.1, 0.15) is 0 Å². The van der Waals surface area contributed by atoms with Crippen LogP contribution in [0.5, 0.6) is 0 Å². The largest absolute Gasteiger partial charge is 0.330 e. The average molecular weight is 155 g/mol. The van der Waals surface area contributed by atoms with Crippen LogP contribution in [-0.2, 0) is 0 Å². The highest BCUT2D eigenvalue weighted by atomic mass is 14.5. The number of nitrogens with two attached hydrogens (primary N) is 1. The second-order valence-corrected chi connectivity index (χ2v) is 3.46. The lowest BCUT2D eigenvalue weighted by atomic mass is 9.91. The first-order valence-corrected chi connectivity index (χ1v) is 4.53. The molecule has 66 valence electrons. The molecular weight excluding hydrogens is 134 g/mol. The summed E-state index contributed by atoms with van der Waals surface area (Å²) in [5, 5.41) is 0. The molecule has 0 fully saturated rings.